The molecule has 2 aromatic carbocycles. The van der Waals surface area contributed by atoms with Gasteiger partial charge < -0.3 is 25.0 Å². The third-order valence-electron chi connectivity index (χ3n) is 7.19. The fourth-order valence-corrected chi connectivity index (χ4v) is 5.24. The number of hydrogen-bond donors (Lipinski definition) is 2. The van der Waals surface area contributed by atoms with Crippen molar-refractivity contribution in [2.45, 2.75) is 25.3 Å². The quantitative estimate of drug-likeness (QED) is 0.441. The average molecular weight is 474 g/mol. The molecule has 6 rings (SSSR count). The molecule has 2 N–H and O–H groups in total. The summed E-state index contributed by atoms with van der Waals surface area (Å²) in [6.45, 7) is 5.20. The Balaban J connectivity index is 1.39. The van der Waals surface area contributed by atoms with Gasteiger partial charge in [0, 0.05) is 38.6 Å². The number of anilines is 1. The first kappa shape index (κ1) is 22.1. The minimum absolute atomic E-state index is 0.258. The number of phenols is 1. The minimum atomic E-state index is 0.258. The zero-order valence-corrected chi connectivity index (χ0v) is 20.0. The Morgan fingerprint density at radius 2 is 2.00 bits per heavy atom. The Hall–Kier alpha value is -3.43. The monoisotopic (exact) mass is 473 g/mol. The topological polar surface area (TPSA) is 91.0 Å². The number of rotatable bonds is 6. The SMILES string of the molecule is CN1CCCC1COc1nc(N2CCNCC2)c2ncc(Cc3cc(O)cc4ccccc34)n2n1. The van der Waals surface area contributed by atoms with Crippen molar-refractivity contribution in [3.8, 4) is 11.8 Å². The molecule has 0 aliphatic carbocycles. The number of likely N-dealkylation sites (tertiary alicyclic amines) is 1. The largest absolute Gasteiger partial charge is 0.508 e. The van der Waals surface area contributed by atoms with Crippen molar-refractivity contribution in [1.82, 2.24) is 29.8 Å². The Morgan fingerprint density at radius 3 is 2.83 bits per heavy atom. The summed E-state index contributed by atoms with van der Waals surface area (Å²) in [5.74, 6) is 1.07. The van der Waals surface area contributed by atoms with E-state index in [-0.39, 0.29) is 5.75 Å². The second kappa shape index (κ2) is 9.31. The molecule has 0 saturated carbocycles. The highest BCUT2D eigenvalue weighted by atomic mass is 16.5. The van der Waals surface area contributed by atoms with Gasteiger partial charge in [-0.05, 0) is 54.9 Å². The molecule has 0 amide bonds. The summed E-state index contributed by atoms with van der Waals surface area (Å²) in [7, 11) is 2.14. The Bertz CT molecular complexity index is 1350. The van der Waals surface area contributed by atoms with Crippen molar-refractivity contribution >= 4 is 22.2 Å². The van der Waals surface area contributed by atoms with Gasteiger partial charge in [-0.15, -0.1) is 5.10 Å². The van der Waals surface area contributed by atoms with E-state index >= 15 is 0 Å². The lowest BCUT2D eigenvalue weighted by Gasteiger charge is -2.28. The lowest BCUT2D eigenvalue weighted by Crippen LogP contribution is -2.44. The molecule has 1 unspecified atom stereocenters. The van der Waals surface area contributed by atoms with Crippen molar-refractivity contribution in [1.29, 1.82) is 0 Å². The molecule has 9 nitrogen and oxygen atoms in total. The summed E-state index contributed by atoms with van der Waals surface area (Å²) in [6.07, 6.45) is 4.77. The van der Waals surface area contributed by atoms with Crippen LogP contribution in [0.5, 0.6) is 11.8 Å². The first-order chi connectivity index (χ1) is 17.2. The summed E-state index contributed by atoms with van der Waals surface area (Å²) in [5, 5.41) is 20.6. The number of fused-ring (bicyclic) bond motifs is 2. The molecule has 2 aliphatic heterocycles. The number of aromatic nitrogens is 4. The van der Waals surface area contributed by atoms with Crippen LogP contribution in [0.4, 0.5) is 5.82 Å². The van der Waals surface area contributed by atoms with E-state index in [0.717, 1.165) is 72.6 Å². The first-order valence-corrected chi connectivity index (χ1v) is 12.4. The number of likely N-dealkylation sites (N-methyl/N-ethyl adjacent to an activating group) is 1. The molecule has 1 atom stereocenters. The molecule has 4 aromatic rings. The van der Waals surface area contributed by atoms with Gasteiger partial charge in [0.25, 0.3) is 0 Å². The number of piperazine rings is 1. The number of nitrogens with one attached hydrogen (secondary N) is 1. The highest BCUT2D eigenvalue weighted by Crippen LogP contribution is 2.28. The van der Waals surface area contributed by atoms with E-state index in [1.807, 2.05) is 35.0 Å². The third kappa shape index (κ3) is 4.37. The molecule has 9 heteroatoms. The third-order valence-corrected chi connectivity index (χ3v) is 7.19. The summed E-state index contributed by atoms with van der Waals surface area (Å²) < 4.78 is 8.04. The van der Waals surface area contributed by atoms with Crippen LogP contribution in [0.15, 0.2) is 42.6 Å². The van der Waals surface area contributed by atoms with Crippen LogP contribution < -0.4 is 15.0 Å². The predicted molar refractivity (Wildman–Crippen MR) is 135 cm³/mol. The molecule has 2 fully saturated rings. The Morgan fingerprint density at radius 1 is 1.14 bits per heavy atom. The maximum Gasteiger partial charge on any atom is 0.336 e. The second-order valence-electron chi connectivity index (χ2n) is 9.53. The van der Waals surface area contributed by atoms with Gasteiger partial charge in [-0.25, -0.2) is 9.50 Å². The Labute approximate surface area is 204 Å². The predicted octanol–water partition coefficient (Wildman–Crippen LogP) is 2.46. The van der Waals surface area contributed by atoms with Crippen molar-refractivity contribution in [2.75, 3.05) is 51.3 Å². The number of ether oxygens (including phenoxy) is 1. The molecular weight excluding hydrogens is 442 g/mol. The molecule has 0 spiro atoms. The van der Waals surface area contributed by atoms with E-state index in [2.05, 4.69) is 28.2 Å². The highest BCUT2D eigenvalue weighted by molar-refractivity contribution is 5.87. The van der Waals surface area contributed by atoms with E-state index in [4.69, 9.17) is 19.8 Å². The van der Waals surface area contributed by atoms with Crippen LogP contribution in [0.1, 0.15) is 24.1 Å². The van der Waals surface area contributed by atoms with Gasteiger partial charge in [0.05, 0.1) is 11.9 Å². The van der Waals surface area contributed by atoms with Gasteiger partial charge in [0.15, 0.2) is 11.5 Å². The van der Waals surface area contributed by atoms with Crippen LogP contribution in [0.3, 0.4) is 0 Å². The zero-order valence-electron chi connectivity index (χ0n) is 20.0. The fourth-order valence-electron chi connectivity index (χ4n) is 5.24. The molecule has 35 heavy (non-hydrogen) atoms. The first-order valence-electron chi connectivity index (χ1n) is 12.4. The highest BCUT2D eigenvalue weighted by Gasteiger charge is 2.24. The van der Waals surface area contributed by atoms with Crippen LogP contribution in [0.2, 0.25) is 0 Å². The number of benzene rings is 2. The minimum Gasteiger partial charge on any atom is -0.508 e. The van der Waals surface area contributed by atoms with Gasteiger partial charge in [-0.1, -0.05) is 24.3 Å². The van der Waals surface area contributed by atoms with Crippen molar-refractivity contribution in [3.05, 3.63) is 53.9 Å². The molecule has 2 aliphatic rings. The van der Waals surface area contributed by atoms with E-state index in [1.54, 1.807) is 6.07 Å². The molecule has 182 valence electrons. The summed E-state index contributed by atoms with van der Waals surface area (Å²) >= 11 is 0. The Kier molecular flexibility index (Phi) is 5.87. The normalized spacial score (nSPS) is 19.1. The second-order valence-corrected chi connectivity index (χ2v) is 9.53. The van der Waals surface area contributed by atoms with Gasteiger partial charge in [0.2, 0.25) is 0 Å². The molecule has 0 radical (unpaired) electrons. The van der Waals surface area contributed by atoms with Gasteiger partial charge in [-0.3, -0.25) is 0 Å². The van der Waals surface area contributed by atoms with Crippen LogP contribution in [0, 0.1) is 0 Å². The average Bonchev–Trinajstić information content (AvgIpc) is 3.48. The molecule has 4 heterocycles. The standard InChI is InChI=1S/C26H31N7O2/c1-31-10-4-6-20(31)17-35-26-29-25(32-11-8-27-9-12-32)24-28-16-21(33(24)30-26)13-19-15-22(34)14-18-5-2-3-7-23(18)19/h2-3,5,7,14-16,20,27,34H,4,6,8-13,17H2,1H3. The molecular formula is C26H31N7O2. The summed E-state index contributed by atoms with van der Waals surface area (Å²) in [4.78, 5) is 14.1. The van der Waals surface area contributed by atoms with E-state index < -0.39 is 0 Å². The lowest BCUT2D eigenvalue weighted by atomic mass is 10.0. The van der Waals surface area contributed by atoms with Gasteiger partial charge in [0.1, 0.15) is 12.4 Å². The maximum atomic E-state index is 10.3. The van der Waals surface area contributed by atoms with E-state index in [9.17, 15) is 5.11 Å². The van der Waals surface area contributed by atoms with Gasteiger partial charge in [-0.2, -0.15) is 4.98 Å². The smallest absolute Gasteiger partial charge is 0.336 e. The van der Waals surface area contributed by atoms with Crippen molar-refractivity contribution in [3.63, 3.8) is 0 Å². The van der Waals surface area contributed by atoms with E-state index in [1.165, 1.54) is 6.42 Å². The number of phenolic OH excluding ortho intramolecular Hbond substituents is 1. The van der Waals surface area contributed by atoms with Crippen molar-refractivity contribution < 1.29 is 9.84 Å². The van der Waals surface area contributed by atoms with E-state index in [0.29, 0.717) is 25.1 Å². The van der Waals surface area contributed by atoms with Crippen LogP contribution in [-0.4, -0.2) is 82.0 Å². The maximum absolute atomic E-state index is 10.3. The molecule has 2 saturated heterocycles. The molecule has 0 bridgehead atoms. The van der Waals surface area contributed by atoms with Crippen LogP contribution in [0.25, 0.3) is 16.4 Å². The number of aromatic hydroxyl groups is 1. The van der Waals surface area contributed by atoms with Crippen LogP contribution >= 0.6 is 0 Å². The zero-order chi connectivity index (χ0) is 23.8. The lowest BCUT2D eigenvalue weighted by molar-refractivity contribution is 0.186. The number of imidazole rings is 1. The molecule has 2 aromatic heterocycles. The van der Waals surface area contributed by atoms with Crippen LogP contribution in [-0.2, 0) is 6.42 Å². The summed E-state index contributed by atoms with van der Waals surface area (Å²) in [5.41, 5.74) is 2.69. The van der Waals surface area contributed by atoms with Crippen molar-refractivity contribution in [2.24, 2.45) is 0 Å². The van der Waals surface area contributed by atoms with Gasteiger partial charge >= 0.3 is 6.01 Å². The summed E-state index contributed by atoms with van der Waals surface area (Å²) in [6, 6.07) is 12.5. The number of hydrogen-bond acceptors (Lipinski definition) is 8. The number of nitrogens with zero attached hydrogens (tertiary/aromatic N) is 6. The fraction of sp³-hybridized carbons (Fsp3) is 0.423.